The van der Waals surface area contributed by atoms with E-state index in [1.165, 1.54) is 6.42 Å². The summed E-state index contributed by atoms with van der Waals surface area (Å²) in [5.41, 5.74) is 0. The Morgan fingerprint density at radius 3 is 2.69 bits per heavy atom. The molecule has 1 amide bonds. The highest BCUT2D eigenvalue weighted by atomic mass is 16.6. The second-order valence-electron chi connectivity index (χ2n) is 3.58. The SMILES string of the molecule is O=C(OCC1CO1)N1CCCCC1. The fourth-order valence-corrected chi connectivity index (χ4v) is 1.50. The summed E-state index contributed by atoms with van der Waals surface area (Å²) in [6, 6.07) is 0. The maximum Gasteiger partial charge on any atom is 0.409 e. The molecule has 0 N–H and O–H groups in total. The lowest BCUT2D eigenvalue weighted by Gasteiger charge is -2.25. The van der Waals surface area contributed by atoms with E-state index in [0.717, 1.165) is 32.5 Å². The Hall–Kier alpha value is -0.770. The highest BCUT2D eigenvalue weighted by Gasteiger charge is 2.26. The molecule has 1 unspecified atom stereocenters. The van der Waals surface area contributed by atoms with Crippen molar-refractivity contribution < 1.29 is 14.3 Å². The molecule has 0 aromatic rings. The smallest absolute Gasteiger partial charge is 0.409 e. The highest BCUT2D eigenvalue weighted by molar-refractivity contribution is 5.67. The van der Waals surface area contributed by atoms with E-state index >= 15 is 0 Å². The first-order chi connectivity index (χ1) is 6.36. The van der Waals surface area contributed by atoms with Crippen LogP contribution in [-0.4, -0.2) is 43.4 Å². The molecule has 0 radical (unpaired) electrons. The van der Waals surface area contributed by atoms with Crippen molar-refractivity contribution in [2.75, 3.05) is 26.3 Å². The summed E-state index contributed by atoms with van der Waals surface area (Å²) in [4.78, 5) is 13.2. The molecule has 2 rings (SSSR count). The fraction of sp³-hybridized carbons (Fsp3) is 0.889. The third-order valence-corrected chi connectivity index (χ3v) is 2.41. The Morgan fingerprint density at radius 1 is 1.38 bits per heavy atom. The van der Waals surface area contributed by atoms with Crippen molar-refractivity contribution >= 4 is 6.09 Å². The molecule has 0 aromatic carbocycles. The van der Waals surface area contributed by atoms with Crippen LogP contribution in [0.4, 0.5) is 4.79 Å². The Kier molecular flexibility index (Phi) is 2.68. The molecule has 2 aliphatic rings. The number of piperidine rings is 1. The number of epoxide rings is 1. The number of ether oxygens (including phenoxy) is 2. The predicted molar refractivity (Wildman–Crippen MR) is 46.5 cm³/mol. The molecule has 4 nitrogen and oxygen atoms in total. The fourth-order valence-electron chi connectivity index (χ4n) is 1.50. The molecule has 2 heterocycles. The van der Waals surface area contributed by atoms with E-state index in [4.69, 9.17) is 9.47 Å². The maximum atomic E-state index is 11.4. The molecule has 1 atom stereocenters. The van der Waals surface area contributed by atoms with Crippen LogP contribution in [0.5, 0.6) is 0 Å². The zero-order chi connectivity index (χ0) is 9.10. The number of hydrogen-bond acceptors (Lipinski definition) is 3. The van der Waals surface area contributed by atoms with Crippen LogP contribution in [0.1, 0.15) is 19.3 Å². The average molecular weight is 185 g/mol. The van der Waals surface area contributed by atoms with Crippen molar-refractivity contribution in [3.8, 4) is 0 Å². The molecule has 0 bridgehead atoms. The van der Waals surface area contributed by atoms with E-state index < -0.39 is 0 Å². The van der Waals surface area contributed by atoms with E-state index in [1.807, 2.05) is 0 Å². The van der Waals surface area contributed by atoms with Crippen LogP contribution in [-0.2, 0) is 9.47 Å². The lowest BCUT2D eigenvalue weighted by Crippen LogP contribution is -2.36. The molecule has 0 saturated carbocycles. The van der Waals surface area contributed by atoms with Gasteiger partial charge in [0.2, 0.25) is 0 Å². The summed E-state index contributed by atoms with van der Waals surface area (Å²) in [6.45, 7) is 2.87. The Labute approximate surface area is 77.8 Å². The van der Waals surface area contributed by atoms with Gasteiger partial charge in [0.1, 0.15) is 12.7 Å². The van der Waals surface area contributed by atoms with E-state index in [1.54, 1.807) is 4.90 Å². The van der Waals surface area contributed by atoms with Gasteiger partial charge in [-0.15, -0.1) is 0 Å². The van der Waals surface area contributed by atoms with Crippen molar-refractivity contribution in [3.05, 3.63) is 0 Å². The van der Waals surface area contributed by atoms with Crippen LogP contribution in [0, 0.1) is 0 Å². The number of amides is 1. The van der Waals surface area contributed by atoms with Gasteiger partial charge in [0.25, 0.3) is 0 Å². The zero-order valence-corrected chi connectivity index (χ0v) is 7.70. The van der Waals surface area contributed by atoms with Crippen molar-refractivity contribution in [2.24, 2.45) is 0 Å². The van der Waals surface area contributed by atoms with Gasteiger partial charge in [-0.25, -0.2) is 4.79 Å². The van der Waals surface area contributed by atoms with Crippen LogP contribution in [0.2, 0.25) is 0 Å². The second kappa shape index (κ2) is 3.96. The van der Waals surface area contributed by atoms with Gasteiger partial charge < -0.3 is 14.4 Å². The third kappa shape index (κ3) is 2.59. The minimum Gasteiger partial charge on any atom is -0.447 e. The molecule has 0 aliphatic carbocycles. The van der Waals surface area contributed by atoms with Crippen molar-refractivity contribution in [1.82, 2.24) is 4.90 Å². The molecule has 2 saturated heterocycles. The van der Waals surface area contributed by atoms with Gasteiger partial charge in [-0.2, -0.15) is 0 Å². The standard InChI is InChI=1S/C9H15NO3/c11-9(13-7-8-6-12-8)10-4-2-1-3-5-10/h8H,1-7H2. The minimum absolute atomic E-state index is 0.171. The Morgan fingerprint density at radius 2 is 2.08 bits per heavy atom. The van der Waals surface area contributed by atoms with Gasteiger partial charge in [0, 0.05) is 13.1 Å². The summed E-state index contributed by atoms with van der Waals surface area (Å²) >= 11 is 0. The van der Waals surface area contributed by atoms with E-state index in [2.05, 4.69) is 0 Å². The third-order valence-electron chi connectivity index (χ3n) is 2.41. The number of rotatable bonds is 2. The van der Waals surface area contributed by atoms with Gasteiger partial charge in [-0.3, -0.25) is 0 Å². The molecule has 0 aromatic heterocycles. The van der Waals surface area contributed by atoms with E-state index in [9.17, 15) is 4.79 Å². The topological polar surface area (TPSA) is 42.1 Å². The molecule has 2 aliphatic heterocycles. The molecule has 2 fully saturated rings. The van der Waals surface area contributed by atoms with Gasteiger partial charge in [0.15, 0.2) is 0 Å². The van der Waals surface area contributed by atoms with Crippen LogP contribution in [0.15, 0.2) is 0 Å². The lowest BCUT2D eigenvalue weighted by molar-refractivity contribution is 0.0888. The Bertz CT molecular complexity index is 185. The number of carbonyl (C=O) groups excluding carboxylic acids is 1. The predicted octanol–water partition coefficient (Wildman–Crippen LogP) is 1.01. The molecular formula is C9H15NO3. The minimum atomic E-state index is -0.171. The first-order valence-electron chi connectivity index (χ1n) is 4.89. The summed E-state index contributed by atoms with van der Waals surface area (Å²) in [5, 5.41) is 0. The summed E-state index contributed by atoms with van der Waals surface area (Å²) in [5.74, 6) is 0. The van der Waals surface area contributed by atoms with Crippen LogP contribution in [0.25, 0.3) is 0 Å². The van der Waals surface area contributed by atoms with Crippen LogP contribution < -0.4 is 0 Å². The first-order valence-corrected chi connectivity index (χ1v) is 4.89. The zero-order valence-electron chi connectivity index (χ0n) is 7.70. The number of hydrogen-bond donors (Lipinski definition) is 0. The van der Waals surface area contributed by atoms with Gasteiger partial charge in [-0.1, -0.05) is 0 Å². The normalized spacial score (nSPS) is 27.1. The van der Waals surface area contributed by atoms with Crippen LogP contribution in [0.3, 0.4) is 0 Å². The number of likely N-dealkylation sites (tertiary alicyclic amines) is 1. The van der Waals surface area contributed by atoms with E-state index in [-0.39, 0.29) is 12.2 Å². The number of carbonyl (C=O) groups is 1. The number of nitrogens with zero attached hydrogens (tertiary/aromatic N) is 1. The molecule has 4 heteroatoms. The molecule has 0 spiro atoms. The summed E-state index contributed by atoms with van der Waals surface area (Å²) < 4.78 is 10.0. The van der Waals surface area contributed by atoms with Crippen molar-refractivity contribution in [1.29, 1.82) is 0 Å². The quantitative estimate of drug-likeness (QED) is 0.603. The monoisotopic (exact) mass is 185 g/mol. The van der Waals surface area contributed by atoms with Crippen molar-refractivity contribution in [2.45, 2.75) is 25.4 Å². The molecular weight excluding hydrogens is 170 g/mol. The van der Waals surface area contributed by atoms with Crippen LogP contribution >= 0.6 is 0 Å². The lowest BCUT2D eigenvalue weighted by atomic mass is 10.1. The van der Waals surface area contributed by atoms with E-state index in [0.29, 0.717) is 6.61 Å². The Balaban J connectivity index is 1.67. The van der Waals surface area contributed by atoms with Gasteiger partial charge >= 0.3 is 6.09 Å². The summed E-state index contributed by atoms with van der Waals surface area (Å²) in [7, 11) is 0. The largest absolute Gasteiger partial charge is 0.447 e. The van der Waals surface area contributed by atoms with Crippen molar-refractivity contribution in [3.63, 3.8) is 0 Å². The molecule has 74 valence electrons. The average Bonchev–Trinajstić information content (AvgIpc) is 2.99. The van der Waals surface area contributed by atoms with Gasteiger partial charge in [0.05, 0.1) is 6.61 Å². The highest BCUT2D eigenvalue weighted by Crippen LogP contribution is 2.12. The second-order valence-corrected chi connectivity index (χ2v) is 3.58. The van der Waals surface area contributed by atoms with Gasteiger partial charge in [-0.05, 0) is 19.3 Å². The summed E-state index contributed by atoms with van der Waals surface area (Å²) in [6.07, 6.45) is 3.45. The first kappa shape index (κ1) is 8.81. The molecule has 13 heavy (non-hydrogen) atoms. The maximum absolute atomic E-state index is 11.4.